The largest absolute Gasteiger partial charge is 0.495 e. The second kappa shape index (κ2) is 8.89. The molecule has 2 heterocycles. The van der Waals surface area contributed by atoms with Crippen LogP contribution in [0, 0.1) is 0 Å². The van der Waals surface area contributed by atoms with Crippen LogP contribution in [-0.4, -0.2) is 57.1 Å². The Kier molecular flexibility index (Phi) is 6.10. The van der Waals surface area contributed by atoms with Crippen LogP contribution in [0.5, 0.6) is 11.5 Å². The first kappa shape index (κ1) is 18.5. The molecule has 4 rings (SSSR count). The Bertz CT molecular complexity index is 760. The molecule has 5 heteroatoms. The van der Waals surface area contributed by atoms with E-state index < -0.39 is 0 Å². The number of ether oxygens (including phenoxy) is 2. The Hall–Kier alpha value is -1.85. The molecule has 0 aliphatic carbocycles. The minimum atomic E-state index is 0.756. The number of piperazine rings is 1. The zero-order valence-electron chi connectivity index (χ0n) is 16.0. The summed E-state index contributed by atoms with van der Waals surface area (Å²) in [5, 5.41) is 0. The molecule has 2 aliphatic heterocycles. The van der Waals surface area contributed by atoms with Crippen molar-refractivity contribution in [3.8, 4) is 11.5 Å². The predicted octanol–water partition coefficient (Wildman–Crippen LogP) is 3.93. The van der Waals surface area contributed by atoms with E-state index in [0.29, 0.717) is 0 Å². The zero-order valence-corrected chi connectivity index (χ0v) is 16.8. The van der Waals surface area contributed by atoms with Crippen LogP contribution in [0.3, 0.4) is 0 Å². The predicted molar refractivity (Wildman–Crippen MR) is 113 cm³/mol. The molecule has 0 radical (unpaired) electrons. The number of hydrogen-bond acceptors (Lipinski definition) is 5. The summed E-state index contributed by atoms with van der Waals surface area (Å²) in [6, 6.07) is 14.8. The first-order valence-corrected chi connectivity index (χ1v) is 10.8. The molecule has 0 bridgehead atoms. The van der Waals surface area contributed by atoms with E-state index in [-0.39, 0.29) is 0 Å². The number of methoxy groups -OCH3 is 1. The lowest BCUT2D eigenvalue weighted by molar-refractivity contribution is 0.198. The van der Waals surface area contributed by atoms with Gasteiger partial charge in [-0.15, -0.1) is 11.8 Å². The molecule has 27 heavy (non-hydrogen) atoms. The van der Waals surface area contributed by atoms with Crippen molar-refractivity contribution in [1.82, 2.24) is 4.90 Å². The second-order valence-corrected chi connectivity index (χ2v) is 8.15. The van der Waals surface area contributed by atoms with Gasteiger partial charge in [-0.1, -0.05) is 24.3 Å². The summed E-state index contributed by atoms with van der Waals surface area (Å²) in [6.07, 6.45) is 2.46. The molecule has 4 nitrogen and oxygen atoms in total. The Labute approximate surface area is 166 Å². The van der Waals surface area contributed by atoms with Gasteiger partial charge in [0.2, 0.25) is 0 Å². The highest BCUT2D eigenvalue weighted by Gasteiger charge is 2.20. The van der Waals surface area contributed by atoms with E-state index in [2.05, 4.69) is 40.1 Å². The molecular weight excluding hydrogens is 356 g/mol. The van der Waals surface area contributed by atoms with E-state index >= 15 is 0 Å². The van der Waals surface area contributed by atoms with Gasteiger partial charge < -0.3 is 14.4 Å². The van der Waals surface area contributed by atoms with Crippen molar-refractivity contribution < 1.29 is 9.47 Å². The highest BCUT2D eigenvalue weighted by atomic mass is 32.2. The lowest BCUT2D eigenvalue weighted by Gasteiger charge is -2.36. The van der Waals surface area contributed by atoms with Crippen LogP contribution in [0.15, 0.2) is 47.4 Å². The standard InChI is InChI=1S/C22H28N2O2S/c1-25-20-9-3-2-8-19(20)24-13-11-23(12-14-24)15-16-26-21-10-4-6-18-7-5-17-27-22(18)21/h2-4,6,8-10H,5,7,11-17H2,1H3. The van der Waals surface area contributed by atoms with Gasteiger partial charge in [0.25, 0.3) is 0 Å². The number of anilines is 1. The lowest BCUT2D eigenvalue weighted by atomic mass is 10.1. The van der Waals surface area contributed by atoms with Gasteiger partial charge in [-0.2, -0.15) is 0 Å². The minimum absolute atomic E-state index is 0.756. The number of rotatable bonds is 6. The normalized spacial score (nSPS) is 17.4. The van der Waals surface area contributed by atoms with Crippen LogP contribution < -0.4 is 14.4 Å². The van der Waals surface area contributed by atoms with Gasteiger partial charge in [0, 0.05) is 32.7 Å². The highest BCUT2D eigenvalue weighted by molar-refractivity contribution is 7.99. The minimum Gasteiger partial charge on any atom is -0.495 e. The van der Waals surface area contributed by atoms with Crippen LogP contribution >= 0.6 is 11.8 Å². The van der Waals surface area contributed by atoms with Crippen LogP contribution in [0.4, 0.5) is 5.69 Å². The molecule has 2 aromatic carbocycles. The fourth-order valence-electron chi connectivity index (χ4n) is 3.86. The monoisotopic (exact) mass is 384 g/mol. The summed E-state index contributed by atoms with van der Waals surface area (Å²) in [5.74, 6) is 3.24. The van der Waals surface area contributed by atoms with Gasteiger partial charge in [0.15, 0.2) is 0 Å². The maximum atomic E-state index is 6.16. The van der Waals surface area contributed by atoms with Crippen molar-refractivity contribution in [3.05, 3.63) is 48.0 Å². The van der Waals surface area contributed by atoms with Gasteiger partial charge in [0.05, 0.1) is 17.7 Å². The van der Waals surface area contributed by atoms with Crippen molar-refractivity contribution in [2.24, 2.45) is 0 Å². The van der Waals surface area contributed by atoms with Gasteiger partial charge in [-0.3, -0.25) is 4.90 Å². The molecule has 2 aliphatic rings. The Morgan fingerprint density at radius 1 is 0.963 bits per heavy atom. The molecule has 0 N–H and O–H groups in total. The van der Waals surface area contributed by atoms with E-state index in [1.807, 2.05) is 23.9 Å². The number of thioether (sulfide) groups is 1. The average molecular weight is 385 g/mol. The van der Waals surface area contributed by atoms with Crippen LogP contribution in [-0.2, 0) is 6.42 Å². The summed E-state index contributed by atoms with van der Waals surface area (Å²) in [7, 11) is 1.74. The zero-order chi connectivity index (χ0) is 18.5. The molecule has 0 saturated carbocycles. The molecular formula is C22H28N2O2S. The average Bonchev–Trinajstić information content (AvgIpc) is 2.74. The number of benzene rings is 2. The molecule has 1 saturated heterocycles. The third-order valence-electron chi connectivity index (χ3n) is 5.36. The SMILES string of the molecule is COc1ccccc1N1CCN(CCOc2cccc3c2SCCC3)CC1. The van der Waals surface area contributed by atoms with Gasteiger partial charge >= 0.3 is 0 Å². The van der Waals surface area contributed by atoms with E-state index in [1.165, 1.54) is 34.7 Å². The molecule has 2 aromatic rings. The lowest BCUT2D eigenvalue weighted by Crippen LogP contribution is -2.47. The maximum Gasteiger partial charge on any atom is 0.142 e. The smallest absolute Gasteiger partial charge is 0.142 e. The Morgan fingerprint density at radius 2 is 1.78 bits per heavy atom. The Balaban J connectivity index is 1.27. The van der Waals surface area contributed by atoms with Gasteiger partial charge in [-0.25, -0.2) is 0 Å². The van der Waals surface area contributed by atoms with E-state index in [9.17, 15) is 0 Å². The van der Waals surface area contributed by atoms with Crippen molar-refractivity contribution in [2.45, 2.75) is 17.7 Å². The van der Waals surface area contributed by atoms with E-state index in [1.54, 1.807) is 7.11 Å². The van der Waals surface area contributed by atoms with Crippen molar-refractivity contribution in [2.75, 3.05) is 57.1 Å². The number of para-hydroxylation sites is 2. The van der Waals surface area contributed by atoms with Gasteiger partial charge in [-0.05, 0) is 42.4 Å². The third kappa shape index (κ3) is 4.36. The molecule has 1 fully saturated rings. The summed E-state index contributed by atoms with van der Waals surface area (Å²) in [6.45, 7) is 5.90. The fourth-order valence-corrected chi connectivity index (χ4v) is 4.98. The van der Waals surface area contributed by atoms with E-state index in [4.69, 9.17) is 9.47 Å². The van der Waals surface area contributed by atoms with Gasteiger partial charge in [0.1, 0.15) is 18.1 Å². The van der Waals surface area contributed by atoms with Crippen molar-refractivity contribution in [3.63, 3.8) is 0 Å². The summed E-state index contributed by atoms with van der Waals surface area (Å²) in [5.41, 5.74) is 2.65. The topological polar surface area (TPSA) is 24.9 Å². The number of fused-ring (bicyclic) bond motifs is 1. The fraction of sp³-hybridized carbons (Fsp3) is 0.455. The van der Waals surface area contributed by atoms with Crippen LogP contribution in [0.1, 0.15) is 12.0 Å². The molecule has 0 amide bonds. The number of aryl methyl sites for hydroxylation is 1. The van der Waals surface area contributed by atoms with Crippen LogP contribution in [0.2, 0.25) is 0 Å². The van der Waals surface area contributed by atoms with Crippen molar-refractivity contribution in [1.29, 1.82) is 0 Å². The summed E-state index contributed by atoms with van der Waals surface area (Å²) < 4.78 is 11.7. The second-order valence-electron chi connectivity index (χ2n) is 7.05. The third-order valence-corrected chi connectivity index (χ3v) is 6.61. The summed E-state index contributed by atoms with van der Waals surface area (Å²) >= 11 is 1.95. The first-order valence-electron chi connectivity index (χ1n) is 9.83. The Morgan fingerprint density at radius 3 is 2.63 bits per heavy atom. The van der Waals surface area contributed by atoms with E-state index in [0.717, 1.165) is 50.8 Å². The molecule has 0 atom stereocenters. The first-order chi connectivity index (χ1) is 13.3. The summed E-state index contributed by atoms with van der Waals surface area (Å²) in [4.78, 5) is 6.28. The number of nitrogens with zero attached hydrogens (tertiary/aromatic N) is 2. The molecule has 0 spiro atoms. The molecule has 0 unspecified atom stereocenters. The maximum absolute atomic E-state index is 6.16. The molecule has 0 aromatic heterocycles. The number of hydrogen-bond donors (Lipinski definition) is 0. The van der Waals surface area contributed by atoms with Crippen molar-refractivity contribution >= 4 is 17.4 Å². The van der Waals surface area contributed by atoms with Crippen LogP contribution in [0.25, 0.3) is 0 Å². The molecule has 144 valence electrons. The quantitative estimate of drug-likeness (QED) is 0.751. The highest BCUT2D eigenvalue weighted by Crippen LogP contribution is 2.37.